The molecule has 12 heteroatoms. The van der Waals surface area contributed by atoms with Crippen molar-refractivity contribution < 1.29 is 18.6 Å². The van der Waals surface area contributed by atoms with E-state index in [1.165, 1.54) is 13.3 Å². The van der Waals surface area contributed by atoms with Crippen LogP contribution in [0.3, 0.4) is 0 Å². The van der Waals surface area contributed by atoms with Crippen LogP contribution in [0.1, 0.15) is 52.7 Å². The largest absolute Gasteiger partial charge is 0.591 e. The summed E-state index contributed by atoms with van der Waals surface area (Å²) in [6, 6.07) is 16.5. The maximum absolute atomic E-state index is 12.4. The summed E-state index contributed by atoms with van der Waals surface area (Å²) in [5, 5.41) is 0.852. The van der Waals surface area contributed by atoms with Gasteiger partial charge in [0.1, 0.15) is 38.0 Å². The van der Waals surface area contributed by atoms with Crippen molar-refractivity contribution in [1.82, 2.24) is 9.97 Å². The van der Waals surface area contributed by atoms with E-state index in [9.17, 15) is 9.11 Å². The van der Waals surface area contributed by atoms with E-state index in [0.29, 0.717) is 60.9 Å². The first-order valence-electron chi connectivity index (χ1n) is 14.2. The van der Waals surface area contributed by atoms with Crippen molar-refractivity contribution in [1.29, 1.82) is 0 Å². The number of rotatable bonds is 9. The van der Waals surface area contributed by atoms with Crippen molar-refractivity contribution in [3.05, 3.63) is 82.0 Å². The number of hydrogen-bond donors (Lipinski definition) is 0. The monoisotopic (exact) mass is 698 g/mol. The third-order valence-corrected chi connectivity index (χ3v) is 10.1. The lowest BCUT2D eigenvalue weighted by Crippen LogP contribution is -2.25. The van der Waals surface area contributed by atoms with Crippen LogP contribution in [0.15, 0.2) is 69.6 Å². The molecule has 0 bridgehead atoms. The average molecular weight is 700 g/mol. The van der Waals surface area contributed by atoms with Gasteiger partial charge in [-0.3, -0.25) is 4.98 Å². The Kier molecular flexibility index (Phi) is 11.5. The molecule has 0 saturated heterocycles. The van der Waals surface area contributed by atoms with Gasteiger partial charge >= 0.3 is 0 Å². The summed E-state index contributed by atoms with van der Waals surface area (Å²) in [6.07, 6.45) is 4.73. The highest BCUT2D eigenvalue weighted by atomic mass is 35.5. The van der Waals surface area contributed by atoms with E-state index >= 15 is 0 Å². The zero-order chi connectivity index (χ0) is 33.8. The molecule has 4 aromatic rings. The minimum atomic E-state index is -1.42. The molecule has 0 aliphatic heterocycles. The van der Waals surface area contributed by atoms with Gasteiger partial charge in [-0.15, -0.1) is 0 Å². The topological polar surface area (TPSA) is 115 Å². The Morgan fingerprint density at radius 3 is 1.93 bits per heavy atom. The quantitative estimate of drug-likeness (QED) is 0.128. The number of aromatic nitrogens is 2. The van der Waals surface area contributed by atoms with Crippen molar-refractivity contribution in [2.24, 2.45) is 8.80 Å². The van der Waals surface area contributed by atoms with Gasteiger partial charge in [0.15, 0.2) is 0 Å². The number of halogens is 2. The Labute approximate surface area is 287 Å². The summed E-state index contributed by atoms with van der Waals surface area (Å²) < 4.78 is 43.4. The molecule has 2 heterocycles. The SMILES string of the molecule is COc1cc(-c2nccc(-c3cccc(-c4ccc(C=N[S@@+]([O-])C(C)(C)C)c(OC)n4)c3Cl)c2Cl)ccc1/C=N/[S@@+]([O-])C(C)(C)C. The molecule has 0 unspecified atom stereocenters. The molecule has 0 fully saturated rings. The number of methoxy groups -OCH3 is 2. The third-order valence-electron chi connectivity index (χ3n) is 6.67. The van der Waals surface area contributed by atoms with Crippen molar-refractivity contribution in [2.75, 3.05) is 14.2 Å². The van der Waals surface area contributed by atoms with E-state index in [1.54, 1.807) is 31.7 Å². The molecule has 46 heavy (non-hydrogen) atoms. The van der Waals surface area contributed by atoms with Crippen molar-refractivity contribution in [3.63, 3.8) is 0 Å². The maximum Gasteiger partial charge on any atom is 0.222 e. The van der Waals surface area contributed by atoms with Crippen LogP contribution in [0.5, 0.6) is 11.6 Å². The number of ether oxygens (including phenoxy) is 2. The van der Waals surface area contributed by atoms with Gasteiger partial charge in [-0.05, 0) is 71.9 Å². The van der Waals surface area contributed by atoms with Crippen LogP contribution in [0, 0.1) is 0 Å². The highest BCUT2D eigenvalue weighted by molar-refractivity contribution is 7.91. The lowest BCUT2D eigenvalue weighted by atomic mass is 9.99. The van der Waals surface area contributed by atoms with Crippen LogP contribution in [0.4, 0.5) is 0 Å². The van der Waals surface area contributed by atoms with Crippen LogP contribution in [0.2, 0.25) is 10.0 Å². The summed E-state index contributed by atoms with van der Waals surface area (Å²) in [5.74, 6) is 0.860. The lowest BCUT2D eigenvalue weighted by molar-refractivity contribution is 0.398. The van der Waals surface area contributed by atoms with E-state index in [4.69, 9.17) is 32.7 Å². The van der Waals surface area contributed by atoms with Gasteiger partial charge in [0, 0.05) is 34.0 Å². The fourth-order valence-electron chi connectivity index (χ4n) is 4.14. The van der Waals surface area contributed by atoms with Crippen LogP contribution >= 0.6 is 23.2 Å². The Morgan fingerprint density at radius 1 is 0.739 bits per heavy atom. The smallest absolute Gasteiger partial charge is 0.222 e. The van der Waals surface area contributed by atoms with E-state index < -0.39 is 32.2 Å². The lowest BCUT2D eigenvalue weighted by Gasteiger charge is -2.18. The number of pyridine rings is 2. The third kappa shape index (κ3) is 8.23. The second-order valence-corrected chi connectivity index (χ2v) is 16.8. The number of nitrogens with zero attached hydrogens (tertiary/aromatic N) is 4. The molecule has 0 aliphatic rings. The number of benzene rings is 2. The van der Waals surface area contributed by atoms with Gasteiger partial charge in [0.05, 0.1) is 53.6 Å². The Hall–Kier alpha value is -3.12. The highest BCUT2D eigenvalue weighted by Crippen LogP contribution is 2.42. The zero-order valence-electron chi connectivity index (χ0n) is 26.9. The first-order valence-corrected chi connectivity index (χ1v) is 17.2. The Bertz CT molecular complexity index is 1640. The minimum Gasteiger partial charge on any atom is -0.591 e. The fraction of sp³-hybridized carbons (Fsp3) is 0.294. The molecule has 0 radical (unpaired) electrons. The summed E-state index contributed by atoms with van der Waals surface area (Å²) in [6.45, 7) is 11.2. The second-order valence-electron chi connectivity index (χ2n) is 12.1. The van der Waals surface area contributed by atoms with Crippen molar-refractivity contribution in [2.45, 2.75) is 51.0 Å². The molecule has 2 atom stereocenters. The van der Waals surface area contributed by atoms with Gasteiger partial charge < -0.3 is 18.6 Å². The average Bonchev–Trinajstić information content (AvgIpc) is 3.01. The fourth-order valence-corrected chi connectivity index (χ4v) is 5.84. The molecule has 4 rings (SSSR count). The predicted molar refractivity (Wildman–Crippen MR) is 192 cm³/mol. The maximum atomic E-state index is 12.4. The summed E-state index contributed by atoms with van der Waals surface area (Å²) in [5.41, 5.74) is 5.16. The molecule has 0 amide bonds. The van der Waals surface area contributed by atoms with Gasteiger partial charge in [0.25, 0.3) is 0 Å². The first-order chi connectivity index (χ1) is 21.6. The zero-order valence-corrected chi connectivity index (χ0v) is 30.1. The normalized spacial score (nSPS) is 13.7. The summed E-state index contributed by atoms with van der Waals surface area (Å²) in [7, 11) is 3.07. The van der Waals surface area contributed by atoms with Crippen LogP contribution in [0.25, 0.3) is 33.6 Å². The van der Waals surface area contributed by atoms with Crippen LogP contribution in [-0.4, -0.2) is 55.2 Å². The van der Waals surface area contributed by atoms with Gasteiger partial charge in [-0.2, -0.15) is 0 Å². The van der Waals surface area contributed by atoms with Crippen LogP contribution in [-0.2, 0) is 22.7 Å². The molecule has 0 aliphatic carbocycles. The van der Waals surface area contributed by atoms with E-state index in [2.05, 4.69) is 18.8 Å². The standard InChI is InChI=1S/C34H36Cl2N4O4S2/c1-33(2,3)45(41)38-19-22-13-12-21(18-28(22)43-7)31-30(36)25(16-17-37-31)24-10-9-11-26(29(24)35)27-15-14-23(32(40-27)44-8)20-39-46(42)34(4,5)6/h9-20H,1-8H3/b38-19+,39-20?/t45-,46-/m0/s1. The molecule has 0 saturated carbocycles. The number of hydrogen-bond acceptors (Lipinski definition) is 8. The van der Waals surface area contributed by atoms with Crippen LogP contribution < -0.4 is 9.47 Å². The predicted octanol–water partition coefficient (Wildman–Crippen LogP) is 8.56. The van der Waals surface area contributed by atoms with Crippen molar-refractivity contribution >= 4 is 58.4 Å². The second kappa shape index (κ2) is 14.8. The van der Waals surface area contributed by atoms with Gasteiger partial charge in [-0.25, -0.2) is 4.98 Å². The highest BCUT2D eigenvalue weighted by Gasteiger charge is 2.27. The Balaban J connectivity index is 1.70. The molecule has 0 N–H and O–H groups in total. The van der Waals surface area contributed by atoms with E-state index in [-0.39, 0.29) is 0 Å². The first kappa shape index (κ1) is 35.7. The minimum absolute atomic E-state index is 0.324. The van der Waals surface area contributed by atoms with E-state index in [1.807, 2.05) is 84.0 Å². The molecule has 8 nitrogen and oxygen atoms in total. The molecular formula is C34H36Cl2N4O4S2. The molecule has 2 aromatic heterocycles. The Morgan fingerprint density at radius 2 is 1.33 bits per heavy atom. The molecule has 2 aromatic carbocycles. The summed E-state index contributed by atoms with van der Waals surface area (Å²) in [4.78, 5) is 9.22. The van der Waals surface area contributed by atoms with Gasteiger partial charge in [-0.1, -0.05) is 56.3 Å². The molecule has 242 valence electrons. The van der Waals surface area contributed by atoms with Gasteiger partial charge in [0.2, 0.25) is 5.88 Å². The van der Waals surface area contributed by atoms with E-state index in [0.717, 1.165) is 5.56 Å². The molecule has 0 spiro atoms. The molecular weight excluding hydrogens is 663 g/mol. The van der Waals surface area contributed by atoms with Crippen molar-refractivity contribution in [3.8, 4) is 45.3 Å². The summed E-state index contributed by atoms with van der Waals surface area (Å²) >= 11 is 11.2.